The molecule has 0 aliphatic rings. The lowest BCUT2D eigenvalue weighted by atomic mass is 10.1. The highest BCUT2D eigenvalue weighted by molar-refractivity contribution is 5.76. The fourth-order valence-electron chi connectivity index (χ4n) is 1.72. The molecule has 5 nitrogen and oxygen atoms in total. The molecule has 1 amide bonds. The van der Waals surface area contributed by atoms with E-state index in [1.807, 2.05) is 33.8 Å². The number of hydrogen-bond acceptors (Lipinski definition) is 3. The van der Waals surface area contributed by atoms with E-state index in [1.165, 1.54) is 0 Å². The van der Waals surface area contributed by atoms with Crippen molar-refractivity contribution < 1.29 is 4.79 Å². The molecule has 5 heteroatoms. The topological polar surface area (TPSA) is 72.9 Å². The third-order valence-corrected chi connectivity index (χ3v) is 2.80. The Kier molecular flexibility index (Phi) is 4.69. The lowest BCUT2D eigenvalue weighted by Crippen LogP contribution is -2.45. The van der Waals surface area contributed by atoms with Crippen molar-refractivity contribution in [1.29, 1.82) is 0 Å². The summed E-state index contributed by atoms with van der Waals surface area (Å²) in [5.41, 5.74) is 7.53. The van der Waals surface area contributed by atoms with E-state index in [0.29, 0.717) is 12.5 Å². The molecule has 1 rings (SSSR count). The minimum absolute atomic E-state index is 0.0273. The molecule has 0 spiro atoms. The van der Waals surface area contributed by atoms with Gasteiger partial charge in [0.05, 0.1) is 5.69 Å². The summed E-state index contributed by atoms with van der Waals surface area (Å²) in [7, 11) is 0. The van der Waals surface area contributed by atoms with Gasteiger partial charge in [0.1, 0.15) is 6.54 Å². The van der Waals surface area contributed by atoms with E-state index in [2.05, 4.69) is 10.4 Å². The Morgan fingerprint density at radius 2 is 2.18 bits per heavy atom. The van der Waals surface area contributed by atoms with Crippen molar-refractivity contribution in [3.63, 3.8) is 0 Å². The molecule has 1 aromatic rings. The standard InChI is InChI=1S/C12H22N4O/c1-8(2)11(6-13)14-12(17)7-16-10(4)5-9(3)15-16/h5,8,11H,6-7,13H2,1-4H3,(H,14,17). The lowest BCUT2D eigenvalue weighted by molar-refractivity contribution is -0.122. The van der Waals surface area contributed by atoms with Crippen LogP contribution in [0.25, 0.3) is 0 Å². The van der Waals surface area contributed by atoms with Gasteiger partial charge >= 0.3 is 0 Å². The summed E-state index contributed by atoms with van der Waals surface area (Å²) in [6.45, 7) is 8.65. The number of aromatic nitrogens is 2. The zero-order valence-corrected chi connectivity index (χ0v) is 11.0. The molecule has 96 valence electrons. The van der Waals surface area contributed by atoms with Gasteiger partial charge in [-0.1, -0.05) is 13.8 Å². The smallest absolute Gasteiger partial charge is 0.242 e. The SMILES string of the molecule is Cc1cc(C)n(CC(=O)NC(CN)C(C)C)n1. The van der Waals surface area contributed by atoms with Gasteiger partial charge in [0.15, 0.2) is 0 Å². The van der Waals surface area contributed by atoms with Crippen LogP contribution in [0.2, 0.25) is 0 Å². The van der Waals surface area contributed by atoms with Crippen LogP contribution >= 0.6 is 0 Å². The van der Waals surface area contributed by atoms with Crippen molar-refractivity contribution in [2.45, 2.75) is 40.3 Å². The van der Waals surface area contributed by atoms with E-state index in [0.717, 1.165) is 11.4 Å². The second-order valence-electron chi connectivity index (χ2n) is 4.74. The second-order valence-corrected chi connectivity index (χ2v) is 4.74. The second kappa shape index (κ2) is 5.82. The highest BCUT2D eigenvalue weighted by Gasteiger charge is 2.15. The first-order chi connectivity index (χ1) is 7.93. The van der Waals surface area contributed by atoms with Crippen molar-refractivity contribution in [3.8, 4) is 0 Å². The fraction of sp³-hybridized carbons (Fsp3) is 0.667. The third-order valence-electron chi connectivity index (χ3n) is 2.80. The molecular formula is C12H22N4O. The summed E-state index contributed by atoms with van der Waals surface area (Å²) in [6.07, 6.45) is 0. The van der Waals surface area contributed by atoms with E-state index < -0.39 is 0 Å². The van der Waals surface area contributed by atoms with Gasteiger partial charge in [-0.25, -0.2) is 0 Å². The van der Waals surface area contributed by atoms with E-state index in [4.69, 9.17) is 5.73 Å². The minimum atomic E-state index is -0.0413. The first-order valence-corrected chi connectivity index (χ1v) is 5.94. The van der Waals surface area contributed by atoms with Crippen LogP contribution in [0.1, 0.15) is 25.2 Å². The normalized spacial score (nSPS) is 12.8. The van der Waals surface area contributed by atoms with Gasteiger partial charge in [-0.3, -0.25) is 9.48 Å². The van der Waals surface area contributed by atoms with E-state index in [9.17, 15) is 4.79 Å². The molecule has 0 saturated carbocycles. The molecule has 1 atom stereocenters. The Labute approximate surface area is 102 Å². The Morgan fingerprint density at radius 1 is 1.53 bits per heavy atom. The van der Waals surface area contributed by atoms with Crippen LogP contribution in [-0.2, 0) is 11.3 Å². The van der Waals surface area contributed by atoms with E-state index in [-0.39, 0.29) is 18.5 Å². The number of hydrogen-bond donors (Lipinski definition) is 2. The number of aryl methyl sites for hydroxylation is 2. The van der Waals surface area contributed by atoms with Crippen molar-refractivity contribution in [3.05, 3.63) is 17.5 Å². The van der Waals surface area contributed by atoms with Crippen LogP contribution in [0.3, 0.4) is 0 Å². The average molecular weight is 238 g/mol. The van der Waals surface area contributed by atoms with Gasteiger partial charge in [-0.15, -0.1) is 0 Å². The lowest BCUT2D eigenvalue weighted by Gasteiger charge is -2.20. The minimum Gasteiger partial charge on any atom is -0.350 e. The van der Waals surface area contributed by atoms with Crippen LogP contribution in [-0.4, -0.2) is 28.3 Å². The maximum Gasteiger partial charge on any atom is 0.242 e. The summed E-state index contributed by atoms with van der Waals surface area (Å²) in [5.74, 6) is 0.296. The number of nitrogens with two attached hydrogens (primary N) is 1. The van der Waals surface area contributed by atoms with Crippen molar-refractivity contribution >= 4 is 5.91 Å². The Bertz CT molecular complexity index is 384. The number of nitrogens with one attached hydrogen (secondary N) is 1. The number of carbonyl (C=O) groups excluding carboxylic acids is 1. The molecule has 3 N–H and O–H groups in total. The highest BCUT2D eigenvalue weighted by atomic mass is 16.2. The molecule has 1 unspecified atom stereocenters. The van der Waals surface area contributed by atoms with Crippen molar-refractivity contribution in [1.82, 2.24) is 15.1 Å². The predicted molar refractivity (Wildman–Crippen MR) is 67.5 cm³/mol. The highest BCUT2D eigenvalue weighted by Crippen LogP contribution is 2.03. The van der Waals surface area contributed by atoms with Crippen LogP contribution in [0.4, 0.5) is 0 Å². The zero-order chi connectivity index (χ0) is 13.0. The molecule has 0 fully saturated rings. The molecule has 1 heterocycles. The van der Waals surface area contributed by atoms with Gasteiger partial charge in [0, 0.05) is 18.3 Å². The monoisotopic (exact) mass is 238 g/mol. The number of carbonyl (C=O) groups is 1. The number of amides is 1. The van der Waals surface area contributed by atoms with Crippen LogP contribution in [0, 0.1) is 19.8 Å². The Morgan fingerprint density at radius 3 is 2.59 bits per heavy atom. The quantitative estimate of drug-likeness (QED) is 0.789. The molecule has 0 bridgehead atoms. The maximum absolute atomic E-state index is 11.8. The van der Waals surface area contributed by atoms with E-state index >= 15 is 0 Å². The number of nitrogens with zero attached hydrogens (tertiary/aromatic N) is 2. The van der Waals surface area contributed by atoms with Gasteiger partial charge in [-0.2, -0.15) is 5.10 Å². The number of rotatable bonds is 5. The first kappa shape index (κ1) is 13.7. The molecule has 0 radical (unpaired) electrons. The molecule has 0 aliphatic carbocycles. The maximum atomic E-state index is 11.8. The Balaban J connectivity index is 2.58. The third kappa shape index (κ3) is 3.85. The Hall–Kier alpha value is -1.36. The summed E-state index contributed by atoms with van der Waals surface area (Å²) in [5, 5.41) is 7.18. The van der Waals surface area contributed by atoms with Crippen molar-refractivity contribution in [2.75, 3.05) is 6.54 Å². The molecule has 0 aromatic carbocycles. The molecule has 1 aromatic heterocycles. The van der Waals surface area contributed by atoms with Gasteiger partial charge in [0.25, 0.3) is 0 Å². The van der Waals surface area contributed by atoms with Crippen LogP contribution in [0.5, 0.6) is 0 Å². The largest absolute Gasteiger partial charge is 0.350 e. The van der Waals surface area contributed by atoms with Gasteiger partial charge < -0.3 is 11.1 Å². The average Bonchev–Trinajstić information content (AvgIpc) is 2.53. The first-order valence-electron chi connectivity index (χ1n) is 5.94. The van der Waals surface area contributed by atoms with Crippen LogP contribution < -0.4 is 11.1 Å². The van der Waals surface area contributed by atoms with Crippen LogP contribution in [0.15, 0.2) is 6.07 Å². The summed E-state index contributed by atoms with van der Waals surface area (Å²) >= 11 is 0. The van der Waals surface area contributed by atoms with Crippen molar-refractivity contribution in [2.24, 2.45) is 11.7 Å². The zero-order valence-electron chi connectivity index (χ0n) is 11.0. The van der Waals surface area contributed by atoms with Gasteiger partial charge in [0.2, 0.25) is 5.91 Å². The predicted octanol–water partition coefficient (Wildman–Crippen LogP) is 0.599. The van der Waals surface area contributed by atoms with E-state index in [1.54, 1.807) is 4.68 Å². The molecule has 0 saturated heterocycles. The van der Waals surface area contributed by atoms with Gasteiger partial charge in [-0.05, 0) is 25.8 Å². The summed E-state index contributed by atoms with van der Waals surface area (Å²) in [4.78, 5) is 11.8. The molecule has 17 heavy (non-hydrogen) atoms. The summed E-state index contributed by atoms with van der Waals surface area (Å²) in [6, 6.07) is 1.98. The fourth-order valence-corrected chi connectivity index (χ4v) is 1.72. The molecule has 0 aliphatic heterocycles. The summed E-state index contributed by atoms with van der Waals surface area (Å²) < 4.78 is 1.71. The molecular weight excluding hydrogens is 216 g/mol.